The number of hydrogen-bond acceptors (Lipinski definition) is 4. The molecule has 0 unspecified atom stereocenters. The summed E-state index contributed by atoms with van der Waals surface area (Å²) in [4.78, 5) is 10.2. The van der Waals surface area contributed by atoms with Crippen molar-refractivity contribution in [1.29, 1.82) is 0 Å². The van der Waals surface area contributed by atoms with Gasteiger partial charge in [0.05, 0.1) is 6.42 Å². The molecule has 1 aromatic heterocycles. The lowest BCUT2D eigenvalue weighted by molar-refractivity contribution is -0.139. The summed E-state index contributed by atoms with van der Waals surface area (Å²) in [6, 6.07) is -0.329. The number of rotatable bonds is 3. The molecular formula is C6H4Cl2F3N3O. The molecule has 15 heavy (non-hydrogen) atoms. The zero-order valence-electron chi connectivity index (χ0n) is 7.05. The van der Waals surface area contributed by atoms with Gasteiger partial charge >= 0.3 is 12.2 Å². The van der Waals surface area contributed by atoms with Crippen molar-refractivity contribution in [3.63, 3.8) is 0 Å². The van der Waals surface area contributed by atoms with Gasteiger partial charge in [0, 0.05) is 0 Å². The van der Waals surface area contributed by atoms with E-state index >= 15 is 0 Å². The number of nitrogens with zero attached hydrogens (tertiary/aromatic N) is 3. The van der Waals surface area contributed by atoms with Crippen LogP contribution in [0.15, 0.2) is 0 Å². The summed E-state index contributed by atoms with van der Waals surface area (Å²) in [7, 11) is 0. The standard InChI is InChI=1S/C6H4Cl2F3N3O/c7-3-12-4(8)14-5(13-3)15-2-1-6(9,10)11/h1-2H2. The monoisotopic (exact) mass is 261 g/mol. The van der Waals surface area contributed by atoms with E-state index in [-0.39, 0.29) is 16.6 Å². The Kier molecular flexibility index (Phi) is 3.92. The molecule has 1 aromatic rings. The average Bonchev–Trinajstić information content (AvgIpc) is 1.99. The zero-order valence-corrected chi connectivity index (χ0v) is 8.57. The first-order chi connectivity index (χ1) is 6.87. The van der Waals surface area contributed by atoms with Crippen LogP contribution in [0.4, 0.5) is 13.2 Å². The molecule has 1 heterocycles. The number of hydrogen-bond donors (Lipinski definition) is 0. The fourth-order valence-electron chi connectivity index (χ4n) is 0.632. The highest BCUT2D eigenvalue weighted by Gasteiger charge is 2.27. The van der Waals surface area contributed by atoms with Crippen LogP contribution in [0.3, 0.4) is 0 Å². The van der Waals surface area contributed by atoms with Gasteiger partial charge in [0.1, 0.15) is 6.61 Å². The van der Waals surface area contributed by atoms with Crippen molar-refractivity contribution < 1.29 is 17.9 Å². The third-order valence-electron chi connectivity index (χ3n) is 1.18. The van der Waals surface area contributed by atoms with Crippen LogP contribution in [0.5, 0.6) is 6.01 Å². The topological polar surface area (TPSA) is 47.9 Å². The molecule has 0 fully saturated rings. The first-order valence-electron chi connectivity index (χ1n) is 3.63. The van der Waals surface area contributed by atoms with E-state index in [1.165, 1.54) is 0 Å². The number of ether oxygens (including phenoxy) is 1. The molecule has 0 radical (unpaired) electrons. The Morgan fingerprint density at radius 2 is 1.60 bits per heavy atom. The maximum absolute atomic E-state index is 11.7. The third kappa shape index (κ3) is 4.98. The van der Waals surface area contributed by atoms with Crippen LogP contribution in [-0.4, -0.2) is 27.7 Å². The Morgan fingerprint density at radius 1 is 1.07 bits per heavy atom. The Hall–Kier alpha value is -0.820. The molecule has 1 rings (SSSR count). The second kappa shape index (κ2) is 4.80. The largest absolute Gasteiger partial charge is 0.463 e. The van der Waals surface area contributed by atoms with Crippen LogP contribution < -0.4 is 4.74 Å². The summed E-state index contributed by atoms with van der Waals surface area (Å²) in [6.07, 6.45) is -5.39. The van der Waals surface area contributed by atoms with E-state index in [9.17, 15) is 13.2 Å². The number of halogens is 5. The van der Waals surface area contributed by atoms with Crippen molar-refractivity contribution in [3.05, 3.63) is 10.6 Å². The van der Waals surface area contributed by atoms with Gasteiger partial charge < -0.3 is 4.74 Å². The van der Waals surface area contributed by atoms with Gasteiger partial charge in [-0.05, 0) is 23.2 Å². The summed E-state index contributed by atoms with van der Waals surface area (Å²) >= 11 is 10.7. The van der Waals surface area contributed by atoms with E-state index in [4.69, 9.17) is 23.2 Å². The normalized spacial score (nSPS) is 11.5. The lowest BCUT2D eigenvalue weighted by atomic mass is 10.4. The van der Waals surface area contributed by atoms with Crippen LogP contribution in [-0.2, 0) is 0 Å². The summed E-state index contributed by atoms with van der Waals surface area (Å²) in [5, 5.41) is -0.478. The van der Waals surface area contributed by atoms with Gasteiger partial charge in [-0.2, -0.15) is 28.1 Å². The molecule has 0 amide bonds. The highest BCUT2D eigenvalue weighted by molar-refractivity contribution is 6.31. The molecule has 0 N–H and O–H groups in total. The van der Waals surface area contributed by atoms with Gasteiger partial charge in [0.2, 0.25) is 10.6 Å². The smallest absolute Gasteiger partial charge is 0.392 e. The fourth-order valence-corrected chi connectivity index (χ4v) is 0.980. The van der Waals surface area contributed by atoms with Crippen molar-refractivity contribution in [2.45, 2.75) is 12.6 Å². The first kappa shape index (κ1) is 12.3. The molecule has 84 valence electrons. The summed E-state index contributed by atoms with van der Waals surface area (Å²) in [5.41, 5.74) is 0. The van der Waals surface area contributed by atoms with Gasteiger partial charge in [0.15, 0.2) is 0 Å². The average molecular weight is 262 g/mol. The second-order valence-electron chi connectivity index (χ2n) is 2.37. The van der Waals surface area contributed by atoms with Crippen molar-refractivity contribution in [1.82, 2.24) is 15.0 Å². The molecule has 0 spiro atoms. The molecule has 0 aliphatic carbocycles. The number of alkyl halides is 3. The summed E-state index contributed by atoms with van der Waals surface area (Å²) < 4.78 is 39.8. The van der Waals surface area contributed by atoms with Crippen LogP contribution in [0.25, 0.3) is 0 Å². The highest BCUT2D eigenvalue weighted by Crippen LogP contribution is 2.19. The molecule has 0 atom stereocenters. The fraction of sp³-hybridized carbons (Fsp3) is 0.500. The van der Waals surface area contributed by atoms with E-state index in [0.29, 0.717) is 0 Å². The van der Waals surface area contributed by atoms with Crippen molar-refractivity contribution in [2.75, 3.05) is 6.61 Å². The predicted molar refractivity (Wildman–Crippen MR) is 46.0 cm³/mol. The second-order valence-corrected chi connectivity index (χ2v) is 3.05. The van der Waals surface area contributed by atoms with Crippen molar-refractivity contribution in [3.8, 4) is 6.01 Å². The molecule has 0 bridgehead atoms. The maximum Gasteiger partial charge on any atom is 0.392 e. The Balaban J connectivity index is 2.51. The van der Waals surface area contributed by atoms with Gasteiger partial charge in [-0.3, -0.25) is 0 Å². The van der Waals surface area contributed by atoms with Gasteiger partial charge in [-0.25, -0.2) is 0 Å². The van der Waals surface area contributed by atoms with Gasteiger partial charge in [-0.1, -0.05) is 0 Å². The first-order valence-corrected chi connectivity index (χ1v) is 4.39. The molecule has 0 saturated carbocycles. The quantitative estimate of drug-likeness (QED) is 0.839. The van der Waals surface area contributed by atoms with E-state index in [0.717, 1.165) is 0 Å². The Bertz CT molecular complexity index is 327. The van der Waals surface area contributed by atoms with Crippen LogP contribution in [0, 0.1) is 0 Å². The van der Waals surface area contributed by atoms with Crippen LogP contribution in [0.2, 0.25) is 10.6 Å². The van der Waals surface area contributed by atoms with E-state index in [2.05, 4.69) is 19.7 Å². The van der Waals surface area contributed by atoms with Crippen molar-refractivity contribution >= 4 is 23.2 Å². The minimum absolute atomic E-state index is 0.239. The zero-order chi connectivity index (χ0) is 11.5. The third-order valence-corrected chi connectivity index (χ3v) is 1.52. The van der Waals surface area contributed by atoms with Crippen molar-refractivity contribution in [2.24, 2.45) is 0 Å². The Labute approximate surface area is 92.4 Å². The molecular weight excluding hydrogens is 258 g/mol. The molecule has 0 aliphatic heterocycles. The van der Waals surface area contributed by atoms with Crippen LogP contribution in [0.1, 0.15) is 6.42 Å². The molecule has 0 aromatic carbocycles. The minimum Gasteiger partial charge on any atom is -0.463 e. The lowest BCUT2D eigenvalue weighted by Crippen LogP contribution is -2.14. The Morgan fingerprint density at radius 3 is 2.07 bits per heavy atom. The molecule has 9 heteroatoms. The lowest BCUT2D eigenvalue weighted by Gasteiger charge is -2.06. The maximum atomic E-state index is 11.7. The highest BCUT2D eigenvalue weighted by atomic mass is 35.5. The molecule has 4 nitrogen and oxygen atoms in total. The predicted octanol–water partition coefficient (Wildman–Crippen LogP) is 2.51. The van der Waals surface area contributed by atoms with Crippen LogP contribution >= 0.6 is 23.2 Å². The minimum atomic E-state index is -4.29. The summed E-state index contributed by atoms with van der Waals surface area (Å²) in [6.45, 7) is -0.597. The SMILES string of the molecule is FC(F)(F)CCOc1nc(Cl)nc(Cl)n1. The van der Waals surface area contributed by atoms with E-state index in [1.807, 2.05) is 0 Å². The van der Waals surface area contributed by atoms with Gasteiger partial charge in [-0.15, -0.1) is 0 Å². The molecule has 0 saturated heterocycles. The van der Waals surface area contributed by atoms with E-state index in [1.54, 1.807) is 0 Å². The van der Waals surface area contributed by atoms with Gasteiger partial charge in [0.25, 0.3) is 0 Å². The van der Waals surface area contributed by atoms with E-state index < -0.39 is 19.2 Å². The molecule has 0 aliphatic rings. The number of aromatic nitrogens is 3. The summed E-state index contributed by atoms with van der Waals surface area (Å²) in [5.74, 6) is 0.